The van der Waals surface area contributed by atoms with Gasteiger partial charge in [-0.25, -0.2) is 9.97 Å². The Labute approximate surface area is 143 Å². The lowest BCUT2D eigenvalue weighted by molar-refractivity contribution is -0.121. The highest BCUT2D eigenvalue weighted by atomic mass is 16.1. The molecule has 0 aliphatic rings. The highest BCUT2D eigenvalue weighted by molar-refractivity contribution is 5.76. The normalized spacial score (nSPS) is 12.5. The maximum absolute atomic E-state index is 12.3. The molecule has 0 radical (unpaired) electrons. The molecule has 2 aromatic rings. The molecule has 0 spiro atoms. The molecular weight excluding hydrogens is 300 g/mol. The van der Waals surface area contributed by atoms with Crippen molar-refractivity contribution in [2.24, 2.45) is 5.41 Å². The van der Waals surface area contributed by atoms with Crippen molar-refractivity contribution in [3.63, 3.8) is 0 Å². The van der Waals surface area contributed by atoms with Crippen LogP contribution in [0.3, 0.4) is 0 Å². The summed E-state index contributed by atoms with van der Waals surface area (Å²) in [7, 11) is 0. The van der Waals surface area contributed by atoms with E-state index in [0.29, 0.717) is 18.9 Å². The van der Waals surface area contributed by atoms with Gasteiger partial charge in [-0.1, -0.05) is 51.1 Å². The molecule has 0 saturated carbocycles. The van der Waals surface area contributed by atoms with Gasteiger partial charge in [0.15, 0.2) is 0 Å². The van der Waals surface area contributed by atoms with E-state index in [1.807, 2.05) is 18.2 Å². The summed E-state index contributed by atoms with van der Waals surface area (Å²) in [6.07, 6.45) is 4.61. The molecule has 1 atom stereocenters. The first kappa shape index (κ1) is 17.9. The van der Waals surface area contributed by atoms with Crippen LogP contribution in [-0.4, -0.2) is 22.4 Å². The van der Waals surface area contributed by atoms with Crippen LogP contribution in [0, 0.1) is 5.41 Å². The van der Waals surface area contributed by atoms with Crippen LogP contribution >= 0.6 is 0 Å². The van der Waals surface area contributed by atoms with Crippen LogP contribution in [0.5, 0.6) is 0 Å². The molecule has 128 valence electrons. The standard InChI is InChI=1S/C19H26N4O/c1-19(2,3)14-16(15-8-5-4-6-9-15)23-17(24)10-13-22-18-20-11-7-12-21-18/h4-9,11-12,16H,10,13-14H2,1-3H3,(H,23,24)(H,20,21,22)/t16-/m0/s1. The highest BCUT2D eigenvalue weighted by Gasteiger charge is 2.21. The van der Waals surface area contributed by atoms with Crippen molar-refractivity contribution >= 4 is 11.9 Å². The molecule has 24 heavy (non-hydrogen) atoms. The van der Waals surface area contributed by atoms with Crippen molar-refractivity contribution in [1.29, 1.82) is 0 Å². The summed E-state index contributed by atoms with van der Waals surface area (Å²) in [6.45, 7) is 7.06. The third-order valence-corrected chi connectivity index (χ3v) is 3.55. The Balaban J connectivity index is 1.90. The summed E-state index contributed by atoms with van der Waals surface area (Å²) in [5.74, 6) is 0.566. The second kappa shape index (κ2) is 8.43. The summed E-state index contributed by atoms with van der Waals surface area (Å²) in [6, 6.07) is 11.9. The second-order valence-electron chi connectivity index (χ2n) is 7.04. The minimum absolute atomic E-state index is 0.0201. The maximum atomic E-state index is 12.3. The molecule has 5 nitrogen and oxygen atoms in total. The van der Waals surface area contributed by atoms with E-state index >= 15 is 0 Å². The van der Waals surface area contributed by atoms with Crippen molar-refractivity contribution in [2.75, 3.05) is 11.9 Å². The third kappa shape index (κ3) is 6.36. The monoisotopic (exact) mass is 326 g/mol. The number of hydrogen-bond acceptors (Lipinski definition) is 4. The summed E-state index contributed by atoms with van der Waals surface area (Å²) < 4.78 is 0. The molecule has 0 unspecified atom stereocenters. The molecule has 5 heteroatoms. The predicted molar refractivity (Wildman–Crippen MR) is 96.5 cm³/mol. The van der Waals surface area contributed by atoms with Gasteiger partial charge in [0.25, 0.3) is 0 Å². The van der Waals surface area contributed by atoms with Gasteiger partial charge in [-0.3, -0.25) is 4.79 Å². The first-order valence-electron chi connectivity index (χ1n) is 8.29. The molecule has 1 amide bonds. The van der Waals surface area contributed by atoms with Crippen LogP contribution in [-0.2, 0) is 4.79 Å². The highest BCUT2D eigenvalue weighted by Crippen LogP contribution is 2.29. The Bertz CT molecular complexity index is 623. The molecular formula is C19H26N4O. The van der Waals surface area contributed by atoms with Crippen LogP contribution in [0.4, 0.5) is 5.95 Å². The number of nitrogens with zero attached hydrogens (tertiary/aromatic N) is 2. The molecule has 1 aromatic carbocycles. The van der Waals surface area contributed by atoms with Crippen molar-refractivity contribution in [2.45, 2.75) is 39.7 Å². The smallest absolute Gasteiger partial charge is 0.222 e. The quantitative estimate of drug-likeness (QED) is 0.816. The Morgan fingerprint density at radius 3 is 2.38 bits per heavy atom. The van der Waals surface area contributed by atoms with E-state index in [2.05, 4.69) is 53.5 Å². The van der Waals surface area contributed by atoms with E-state index < -0.39 is 0 Å². The van der Waals surface area contributed by atoms with Crippen LogP contribution in [0.1, 0.15) is 45.2 Å². The SMILES string of the molecule is CC(C)(C)C[C@H](NC(=O)CCNc1ncccn1)c1ccccc1. The minimum atomic E-state index is 0.0201. The first-order chi connectivity index (χ1) is 11.4. The fourth-order valence-electron chi connectivity index (χ4n) is 2.49. The van der Waals surface area contributed by atoms with Gasteiger partial charge >= 0.3 is 0 Å². The van der Waals surface area contributed by atoms with Gasteiger partial charge in [-0.15, -0.1) is 0 Å². The van der Waals surface area contributed by atoms with Gasteiger partial charge in [0, 0.05) is 25.4 Å². The lowest BCUT2D eigenvalue weighted by Crippen LogP contribution is -2.32. The zero-order valence-electron chi connectivity index (χ0n) is 14.6. The lowest BCUT2D eigenvalue weighted by Gasteiger charge is -2.27. The summed E-state index contributed by atoms with van der Waals surface area (Å²) >= 11 is 0. The summed E-state index contributed by atoms with van der Waals surface area (Å²) in [5.41, 5.74) is 1.27. The fourth-order valence-corrected chi connectivity index (χ4v) is 2.49. The van der Waals surface area contributed by atoms with Crippen LogP contribution < -0.4 is 10.6 Å². The van der Waals surface area contributed by atoms with Gasteiger partial charge in [-0.2, -0.15) is 0 Å². The average molecular weight is 326 g/mol. The molecule has 2 rings (SSSR count). The van der Waals surface area contributed by atoms with E-state index in [9.17, 15) is 4.79 Å². The van der Waals surface area contributed by atoms with Crippen molar-refractivity contribution in [1.82, 2.24) is 15.3 Å². The largest absolute Gasteiger partial charge is 0.354 e. The number of hydrogen-bond donors (Lipinski definition) is 2. The number of carbonyl (C=O) groups is 1. The van der Waals surface area contributed by atoms with Crippen LogP contribution in [0.2, 0.25) is 0 Å². The zero-order valence-corrected chi connectivity index (χ0v) is 14.6. The third-order valence-electron chi connectivity index (χ3n) is 3.55. The van der Waals surface area contributed by atoms with Gasteiger partial charge in [-0.05, 0) is 23.5 Å². The van der Waals surface area contributed by atoms with Crippen molar-refractivity contribution in [3.8, 4) is 0 Å². The Hall–Kier alpha value is -2.43. The number of benzene rings is 1. The Morgan fingerprint density at radius 1 is 1.08 bits per heavy atom. The summed E-state index contributed by atoms with van der Waals surface area (Å²) in [5, 5.41) is 6.21. The lowest BCUT2D eigenvalue weighted by atomic mass is 9.85. The van der Waals surface area contributed by atoms with E-state index in [-0.39, 0.29) is 17.4 Å². The minimum Gasteiger partial charge on any atom is -0.354 e. The number of amides is 1. The van der Waals surface area contributed by atoms with Crippen LogP contribution in [0.15, 0.2) is 48.8 Å². The fraction of sp³-hybridized carbons (Fsp3) is 0.421. The molecule has 1 aromatic heterocycles. The zero-order chi connectivity index (χ0) is 17.4. The average Bonchev–Trinajstić information content (AvgIpc) is 2.55. The molecule has 2 N–H and O–H groups in total. The second-order valence-corrected chi connectivity index (χ2v) is 7.04. The van der Waals surface area contributed by atoms with Gasteiger partial charge in [0.2, 0.25) is 11.9 Å². The van der Waals surface area contributed by atoms with Gasteiger partial charge in [0.1, 0.15) is 0 Å². The van der Waals surface area contributed by atoms with E-state index in [4.69, 9.17) is 0 Å². The molecule has 0 aliphatic carbocycles. The molecule has 1 heterocycles. The topological polar surface area (TPSA) is 66.9 Å². The number of rotatable bonds is 7. The van der Waals surface area contributed by atoms with Crippen molar-refractivity contribution < 1.29 is 4.79 Å². The van der Waals surface area contributed by atoms with Gasteiger partial charge < -0.3 is 10.6 Å². The Kier molecular flexibility index (Phi) is 6.29. The van der Waals surface area contributed by atoms with E-state index in [0.717, 1.165) is 12.0 Å². The molecule has 0 saturated heterocycles. The van der Waals surface area contributed by atoms with E-state index in [1.165, 1.54) is 0 Å². The predicted octanol–water partition coefficient (Wildman–Crippen LogP) is 3.57. The van der Waals surface area contributed by atoms with E-state index in [1.54, 1.807) is 18.5 Å². The van der Waals surface area contributed by atoms with Crippen molar-refractivity contribution in [3.05, 3.63) is 54.4 Å². The number of carbonyl (C=O) groups excluding carboxylic acids is 1. The van der Waals surface area contributed by atoms with Crippen LogP contribution in [0.25, 0.3) is 0 Å². The van der Waals surface area contributed by atoms with Gasteiger partial charge in [0.05, 0.1) is 6.04 Å². The number of aromatic nitrogens is 2. The number of anilines is 1. The molecule has 0 bridgehead atoms. The molecule has 0 fully saturated rings. The molecule has 0 aliphatic heterocycles. The maximum Gasteiger partial charge on any atom is 0.222 e. The summed E-state index contributed by atoms with van der Waals surface area (Å²) in [4.78, 5) is 20.5. The first-order valence-corrected chi connectivity index (χ1v) is 8.29. The Morgan fingerprint density at radius 2 is 1.75 bits per heavy atom. The number of nitrogens with one attached hydrogen (secondary N) is 2.